The van der Waals surface area contributed by atoms with Crippen LogP contribution >= 0.6 is 0 Å². The van der Waals surface area contributed by atoms with Gasteiger partial charge < -0.3 is 14.7 Å². The third-order valence-corrected chi connectivity index (χ3v) is 3.44. The van der Waals surface area contributed by atoms with E-state index in [1.54, 1.807) is 24.0 Å². The first kappa shape index (κ1) is 15.3. The summed E-state index contributed by atoms with van der Waals surface area (Å²) in [5.41, 5.74) is 0. The second-order valence-electron chi connectivity index (χ2n) is 5.05. The molecule has 2 heterocycles. The summed E-state index contributed by atoms with van der Waals surface area (Å²) < 4.78 is 6.82. The van der Waals surface area contributed by atoms with Crippen molar-refractivity contribution >= 4 is 17.8 Å². The lowest BCUT2D eigenvalue weighted by molar-refractivity contribution is -0.142. The van der Waals surface area contributed by atoms with Crippen LogP contribution in [0.15, 0.2) is 12.3 Å². The lowest BCUT2D eigenvalue weighted by Crippen LogP contribution is -2.48. The minimum Gasteiger partial charge on any atom is -0.481 e. The fourth-order valence-electron chi connectivity index (χ4n) is 2.41. The van der Waals surface area contributed by atoms with Crippen LogP contribution in [0.5, 0.6) is 0 Å². The van der Waals surface area contributed by atoms with Crippen molar-refractivity contribution in [1.82, 2.24) is 14.7 Å². The monoisotopic (exact) mass is 296 g/mol. The SMILES string of the molecule is CCCN(C(=O)Nc1ccn(C)n1)C1COCC1C(=O)O. The molecular formula is C13H20N4O4. The molecule has 2 unspecified atom stereocenters. The summed E-state index contributed by atoms with van der Waals surface area (Å²) >= 11 is 0. The minimum atomic E-state index is -0.941. The van der Waals surface area contributed by atoms with Gasteiger partial charge in [-0.1, -0.05) is 6.92 Å². The van der Waals surface area contributed by atoms with Gasteiger partial charge in [0.2, 0.25) is 0 Å². The van der Waals surface area contributed by atoms with Gasteiger partial charge in [0.25, 0.3) is 0 Å². The average Bonchev–Trinajstić information content (AvgIpc) is 3.05. The van der Waals surface area contributed by atoms with E-state index in [-0.39, 0.29) is 19.2 Å². The number of ether oxygens (including phenoxy) is 1. The van der Waals surface area contributed by atoms with Crippen LogP contribution in [0.1, 0.15) is 13.3 Å². The smallest absolute Gasteiger partial charge is 0.323 e. The highest BCUT2D eigenvalue weighted by molar-refractivity contribution is 5.89. The molecule has 2 atom stereocenters. The lowest BCUT2D eigenvalue weighted by atomic mass is 10.0. The summed E-state index contributed by atoms with van der Waals surface area (Å²) in [4.78, 5) is 25.2. The molecule has 21 heavy (non-hydrogen) atoms. The highest BCUT2D eigenvalue weighted by Gasteiger charge is 2.39. The van der Waals surface area contributed by atoms with Gasteiger partial charge in [-0.2, -0.15) is 5.10 Å². The molecule has 1 saturated heterocycles. The Kier molecular flexibility index (Phi) is 4.79. The van der Waals surface area contributed by atoms with Crippen LogP contribution in [-0.4, -0.2) is 57.6 Å². The molecule has 0 aliphatic carbocycles. The van der Waals surface area contributed by atoms with Crippen LogP contribution in [0.25, 0.3) is 0 Å². The van der Waals surface area contributed by atoms with E-state index >= 15 is 0 Å². The average molecular weight is 296 g/mol. The van der Waals surface area contributed by atoms with E-state index in [2.05, 4.69) is 10.4 Å². The minimum absolute atomic E-state index is 0.136. The molecule has 0 radical (unpaired) electrons. The Morgan fingerprint density at radius 3 is 2.90 bits per heavy atom. The second-order valence-corrected chi connectivity index (χ2v) is 5.05. The number of anilines is 1. The van der Waals surface area contributed by atoms with Crippen LogP contribution in [0.3, 0.4) is 0 Å². The van der Waals surface area contributed by atoms with Gasteiger partial charge in [0.1, 0.15) is 5.92 Å². The van der Waals surface area contributed by atoms with Crippen molar-refractivity contribution in [2.24, 2.45) is 13.0 Å². The first-order valence-electron chi connectivity index (χ1n) is 6.90. The number of aliphatic carboxylic acids is 1. The summed E-state index contributed by atoms with van der Waals surface area (Å²) in [6, 6.07) is 0.880. The standard InChI is InChI=1S/C13H20N4O4/c1-3-5-17(10-8-21-7-9(10)12(18)19)13(20)14-11-4-6-16(2)15-11/h4,6,9-10H,3,5,7-8H2,1-2H3,(H,18,19)(H,14,15,20). The quantitative estimate of drug-likeness (QED) is 0.836. The lowest BCUT2D eigenvalue weighted by Gasteiger charge is -2.29. The largest absolute Gasteiger partial charge is 0.481 e. The third-order valence-electron chi connectivity index (χ3n) is 3.44. The first-order chi connectivity index (χ1) is 10.0. The highest BCUT2D eigenvalue weighted by Crippen LogP contribution is 2.21. The van der Waals surface area contributed by atoms with E-state index in [0.717, 1.165) is 6.42 Å². The zero-order chi connectivity index (χ0) is 15.4. The van der Waals surface area contributed by atoms with Gasteiger partial charge in [-0.15, -0.1) is 0 Å². The Hall–Kier alpha value is -2.09. The van der Waals surface area contributed by atoms with Gasteiger partial charge in [-0.25, -0.2) is 4.79 Å². The zero-order valence-corrected chi connectivity index (χ0v) is 12.2. The molecule has 0 spiro atoms. The molecule has 1 fully saturated rings. The van der Waals surface area contributed by atoms with Gasteiger partial charge in [0, 0.05) is 25.9 Å². The van der Waals surface area contributed by atoms with Gasteiger partial charge in [-0.05, 0) is 6.42 Å². The zero-order valence-electron chi connectivity index (χ0n) is 12.2. The molecule has 1 aliphatic heterocycles. The van der Waals surface area contributed by atoms with Crippen molar-refractivity contribution in [3.63, 3.8) is 0 Å². The predicted molar refractivity (Wildman–Crippen MR) is 75.0 cm³/mol. The number of aromatic nitrogens is 2. The summed E-state index contributed by atoms with van der Waals surface area (Å²) in [7, 11) is 1.75. The van der Waals surface area contributed by atoms with Crippen molar-refractivity contribution < 1.29 is 19.4 Å². The summed E-state index contributed by atoms with van der Waals surface area (Å²) in [6.07, 6.45) is 2.46. The van der Waals surface area contributed by atoms with Crippen molar-refractivity contribution in [2.75, 3.05) is 25.1 Å². The number of carbonyl (C=O) groups excluding carboxylic acids is 1. The number of nitrogens with zero attached hydrogens (tertiary/aromatic N) is 3. The summed E-state index contributed by atoms with van der Waals surface area (Å²) in [6.45, 7) is 2.78. The van der Waals surface area contributed by atoms with E-state index < -0.39 is 17.9 Å². The maximum atomic E-state index is 12.4. The Labute approximate surface area is 122 Å². The van der Waals surface area contributed by atoms with Crippen molar-refractivity contribution in [2.45, 2.75) is 19.4 Å². The van der Waals surface area contributed by atoms with E-state index in [0.29, 0.717) is 12.4 Å². The third kappa shape index (κ3) is 3.52. The molecule has 8 nitrogen and oxygen atoms in total. The molecule has 116 valence electrons. The van der Waals surface area contributed by atoms with E-state index in [1.807, 2.05) is 6.92 Å². The van der Waals surface area contributed by atoms with E-state index in [1.165, 1.54) is 4.90 Å². The number of hydrogen-bond donors (Lipinski definition) is 2. The molecule has 1 aromatic heterocycles. The molecule has 1 aromatic rings. The Balaban J connectivity index is 2.10. The number of aryl methyl sites for hydroxylation is 1. The summed E-state index contributed by atoms with van der Waals surface area (Å²) in [5, 5.41) is 16.0. The molecule has 2 rings (SSSR count). The maximum absolute atomic E-state index is 12.4. The number of nitrogens with one attached hydrogen (secondary N) is 1. The van der Waals surface area contributed by atoms with Crippen LogP contribution in [-0.2, 0) is 16.6 Å². The van der Waals surface area contributed by atoms with Crippen molar-refractivity contribution in [3.05, 3.63) is 12.3 Å². The van der Waals surface area contributed by atoms with Gasteiger partial charge in [0.05, 0.1) is 19.3 Å². The Morgan fingerprint density at radius 2 is 2.33 bits per heavy atom. The number of carboxylic acid groups (broad SMARTS) is 1. The molecule has 0 aromatic carbocycles. The van der Waals surface area contributed by atoms with Crippen molar-refractivity contribution in [3.8, 4) is 0 Å². The second kappa shape index (κ2) is 6.57. The van der Waals surface area contributed by atoms with Crippen molar-refractivity contribution in [1.29, 1.82) is 0 Å². The highest BCUT2D eigenvalue weighted by atomic mass is 16.5. The van der Waals surface area contributed by atoms with E-state index in [4.69, 9.17) is 4.74 Å². The number of carbonyl (C=O) groups is 2. The summed E-state index contributed by atoms with van der Waals surface area (Å²) in [5.74, 6) is -1.19. The van der Waals surface area contributed by atoms with Crippen LogP contribution in [0.4, 0.5) is 10.6 Å². The molecule has 0 bridgehead atoms. The predicted octanol–water partition coefficient (Wildman–Crippen LogP) is 0.764. The van der Waals surface area contributed by atoms with Crippen LogP contribution in [0, 0.1) is 5.92 Å². The molecule has 1 aliphatic rings. The first-order valence-corrected chi connectivity index (χ1v) is 6.90. The normalized spacial score (nSPS) is 21.2. The number of carboxylic acids is 1. The van der Waals surface area contributed by atoms with Gasteiger partial charge >= 0.3 is 12.0 Å². The Bertz CT molecular complexity index is 516. The van der Waals surface area contributed by atoms with Crippen LogP contribution < -0.4 is 5.32 Å². The van der Waals surface area contributed by atoms with E-state index in [9.17, 15) is 14.7 Å². The van der Waals surface area contributed by atoms with Gasteiger partial charge in [0.15, 0.2) is 5.82 Å². The fraction of sp³-hybridized carbons (Fsp3) is 0.615. The topological polar surface area (TPSA) is 96.7 Å². The molecule has 8 heteroatoms. The number of rotatable bonds is 5. The fourth-order valence-corrected chi connectivity index (χ4v) is 2.41. The number of urea groups is 1. The maximum Gasteiger partial charge on any atom is 0.323 e. The molecule has 0 saturated carbocycles. The molecular weight excluding hydrogens is 276 g/mol. The molecule has 2 amide bonds. The Morgan fingerprint density at radius 1 is 1.57 bits per heavy atom. The number of hydrogen-bond acceptors (Lipinski definition) is 4. The van der Waals surface area contributed by atoms with Crippen LogP contribution in [0.2, 0.25) is 0 Å². The number of amides is 2. The molecule has 2 N–H and O–H groups in total. The van der Waals surface area contributed by atoms with Gasteiger partial charge in [-0.3, -0.25) is 14.8 Å².